The van der Waals surface area contributed by atoms with Crippen LogP contribution in [0, 0.1) is 0 Å². The van der Waals surface area contributed by atoms with Crippen LogP contribution in [0.5, 0.6) is 0 Å². The quantitative estimate of drug-likeness (QED) is 0.630. The van der Waals surface area contributed by atoms with Crippen molar-refractivity contribution in [3.63, 3.8) is 0 Å². The lowest BCUT2D eigenvalue weighted by molar-refractivity contribution is -0.146. The van der Waals surface area contributed by atoms with Crippen LogP contribution in [0.2, 0.25) is 0 Å². The van der Waals surface area contributed by atoms with Gasteiger partial charge in [0, 0.05) is 26.2 Å². The van der Waals surface area contributed by atoms with Gasteiger partial charge in [-0.25, -0.2) is 13.2 Å². The maximum Gasteiger partial charge on any atom is 0.338 e. The van der Waals surface area contributed by atoms with Crippen LogP contribution in [-0.2, 0) is 24.3 Å². The molecule has 1 aromatic carbocycles. The van der Waals surface area contributed by atoms with Gasteiger partial charge in [-0.15, -0.1) is 0 Å². The molecule has 2 atom stereocenters. The minimum Gasteiger partial charge on any atom is -0.452 e. The van der Waals surface area contributed by atoms with Crippen LogP contribution < -0.4 is 0 Å². The maximum absolute atomic E-state index is 12.5. The van der Waals surface area contributed by atoms with Crippen LogP contribution in [0.25, 0.3) is 0 Å². The second kappa shape index (κ2) is 9.49. The third kappa shape index (κ3) is 5.30. The summed E-state index contributed by atoms with van der Waals surface area (Å²) in [4.78, 5) is 26.2. The Kier molecular flexibility index (Phi) is 7.56. The molecule has 1 aliphatic rings. The van der Waals surface area contributed by atoms with Gasteiger partial charge in [0.1, 0.15) is 0 Å². The summed E-state index contributed by atoms with van der Waals surface area (Å²) < 4.78 is 36.9. The number of benzene rings is 1. The summed E-state index contributed by atoms with van der Waals surface area (Å²) in [5.41, 5.74) is 0.190. The summed E-state index contributed by atoms with van der Waals surface area (Å²) in [5.74, 6) is -0.953. The first-order valence-electron chi connectivity index (χ1n) is 9.39. The Bertz CT molecular complexity index is 779. The van der Waals surface area contributed by atoms with E-state index in [-0.39, 0.29) is 35.2 Å². The van der Waals surface area contributed by atoms with E-state index >= 15 is 0 Å². The molecule has 0 N–H and O–H groups in total. The Hall–Kier alpha value is -1.97. The number of rotatable bonds is 7. The summed E-state index contributed by atoms with van der Waals surface area (Å²) >= 11 is 0. The van der Waals surface area contributed by atoms with Crippen molar-refractivity contribution in [2.75, 3.05) is 32.8 Å². The molecule has 0 bridgehead atoms. The van der Waals surface area contributed by atoms with E-state index < -0.39 is 16.0 Å². The van der Waals surface area contributed by atoms with Crippen molar-refractivity contribution >= 4 is 21.9 Å². The van der Waals surface area contributed by atoms with Crippen molar-refractivity contribution in [1.29, 1.82) is 0 Å². The molecule has 1 saturated heterocycles. The van der Waals surface area contributed by atoms with Gasteiger partial charge in [0.05, 0.1) is 22.7 Å². The molecule has 8 nitrogen and oxygen atoms in total. The zero-order valence-corrected chi connectivity index (χ0v) is 17.6. The highest BCUT2D eigenvalue weighted by molar-refractivity contribution is 7.89. The van der Waals surface area contributed by atoms with E-state index in [1.54, 1.807) is 18.7 Å². The number of carbonyl (C=O) groups excluding carboxylic acids is 2. The Labute approximate surface area is 166 Å². The van der Waals surface area contributed by atoms with E-state index in [4.69, 9.17) is 9.47 Å². The highest BCUT2D eigenvalue weighted by Crippen LogP contribution is 2.17. The number of nitrogens with zero attached hydrogens (tertiary/aromatic N) is 2. The van der Waals surface area contributed by atoms with Gasteiger partial charge in [-0.05, 0) is 38.1 Å². The van der Waals surface area contributed by atoms with Crippen molar-refractivity contribution < 1.29 is 27.5 Å². The van der Waals surface area contributed by atoms with Gasteiger partial charge in [-0.2, -0.15) is 4.31 Å². The zero-order chi connectivity index (χ0) is 20.9. The Morgan fingerprint density at radius 1 is 1.11 bits per heavy atom. The summed E-state index contributed by atoms with van der Waals surface area (Å²) in [5, 5.41) is 0. The van der Waals surface area contributed by atoms with Gasteiger partial charge < -0.3 is 14.4 Å². The molecular weight excluding hydrogens is 384 g/mol. The average molecular weight is 413 g/mol. The summed E-state index contributed by atoms with van der Waals surface area (Å²) in [6, 6.07) is 5.53. The Balaban J connectivity index is 1.97. The first-order chi connectivity index (χ1) is 13.2. The molecule has 1 fully saturated rings. The van der Waals surface area contributed by atoms with E-state index in [0.29, 0.717) is 26.2 Å². The van der Waals surface area contributed by atoms with Gasteiger partial charge in [0.15, 0.2) is 6.61 Å². The molecule has 1 heterocycles. The largest absolute Gasteiger partial charge is 0.452 e. The maximum atomic E-state index is 12.5. The van der Waals surface area contributed by atoms with Crippen molar-refractivity contribution in [3.05, 3.63) is 29.8 Å². The summed E-state index contributed by atoms with van der Waals surface area (Å²) in [7, 11) is -3.59. The van der Waals surface area contributed by atoms with Crippen LogP contribution in [0.3, 0.4) is 0 Å². The number of esters is 1. The van der Waals surface area contributed by atoms with Crippen LogP contribution in [0.1, 0.15) is 38.1 Å². The third-order valence-electron chi connectivity index (χ3n) is 4.53. The minimum absolute atomic E-state index is 0.0660. The lowest BCUT2D eigenvalue weighted by atomic mass is 10.2. The van der Waals surface area contributed by atoms with E-state index in [0.717, 1.165) is 0 Å². The number of ether oxygens (including phenoxy) is 2. The van der Waals surface area contributed by atoms with Gasteiger partial charge in [-0.1, -0.05) is 13.8 Å². The van der Waals surface area contributed by atoms with Crippen molar-refractivity contribution in [2.45, 2.75) is 44.8 Å². The highest BCUT2D eigenvalue weighted by atomic mass is 32.2. The number of carbonyl (C=O) groups is 2. The van der Waals surface area contributed by atoms with Gasteiger partial charge >= 0.3 is 5.97 Å². The van der Waals surface area contributed by atoms with Gasteiger partial charge in [0.25, 0.3) is 5.91 Å². The molecule has 156 valence electrons. The molecule has 0 unspecified atom stereocenters. The van der Waals surface area contributed by atoms with Crippen molar-refractivity contribution in [2.24, 2.45) is 0 Å². The van der Waals surface area contributed by atoms with Crippen LogP contribution >= 0.6 is 0 Å². The van der Waals surface area contributed by atoms with Crippen LogP contribution in [-0.4, -0.2) is 74.5 Å². The minimum atomic E-state index is -3.59. The standard InChI is InChI=1S/C19H28N2O6S/c1-5-21(6-2)28(24,25)17-9-7-16(8-10-17)19(23)26-13-18(22)20-11-14(3)27-15(4)12-20/h7-10,14-15H,5-6,11-13H2,1-4H3/t14-,15-/m1/s1. The molecule has 2 rings (SSSR count). The second-order valence-corrected chi connectivity index (χ2v) is 8.68. The van der Waals surface area contributed by atoms with E-state index in [1.165, 1.54) is 28.6 Å². The Morgan fingerprint density at radius 3 is 2.14 bits per heavy atom. The molecule has 9 heteroatoms. The molecule has 0 spiro atoms. The molecule has 28 heavy (non-hydrogen) atoms. The smallest absolute Gasteiger partial charge is 0.338 e. The number of hydrogen-bond donors (Lipinski definition) is 0. The SMILES string of the molecule is CCN(CC)S(=O)(=O)c1ccc(C(=O)OCC(=O)N2C[C@@H](C)O[C@H](C)C2)cc1. The molecular formula is C19H28N2O6S. The van der Waals surface area contributed by atoms with Crippen molar-refractivity contribution in [1.82, 2.24) is 9.21 Å². The zero-order valence-electron chi connectivity index (χ0n) is 16.8. The highest BCUT2D eigenvalue weighted by Gasteiger charge is 2.27. The fourth-order valence-corrected chi connectivity index (χ4v) is 4.62. The summed E-state index contributed by atoms with van der Waals surface area (Å²) in [6.45, 7) is 8.58. The molecule has 0 saturated carbocycles. The molecule has 0 radical (unpaired) electrons. The van der Waals surface area contributed by atoms with E-state index in [1.807, 2.05) is 13.8 Å². The molecule has 0 aromatic heterocycles. The van der Waals surface area contributed by atoms with E-state index in [2.05, 4.69) is 0 Å². The average Bonchev–Trinajstić information content (AvgIpc) is 2.66. The number of hydrogen-bond acceptors (Lipinski definition) is 6. The number of sulfonamides is 1. The lowest BCUT2D eigenvalue weighted by Gasteiger charge is -2.35. The van der Waals surface area contributed by atoms with Crippen molar-refractivity contribution in [3.8, 4) is 0 Å². The topological polar surface area (TPSA) is 93.2 Å². The van der Waals surface area contributed by atoms with E-state index in [9.17, 15) is 18.0 Å². The normalized spacial score (nSPS) is 20.2. The molecule has 1 aliphatic heterocycles. The molecule has 0 aliphatic carbocycles. The second-order valence-electron chi connectivity index (χ2n) is 6.75. The fraction of sp³-hybridized carbons (Fsp3) is 0.579. The number of morpholine rings is 1. The van der Waals surface area contributed by atoms with Gasteiger partial charge in [-0.3, -0.25) is 4.79 Å². The number of amides is 1. The lowest BCUT2D eigenvalue weighted by Crippen LogP contribution is -2.49. The molecule has 1 aromatic rings. The monoisotopic (exact) mass is 412 g/mol. The first-order valence-corrected chi connectivity index (χ1v) is 10.8. The molecule has 1 amide bonds. The third-order valence-corrected chi connectivity index (χ3v) is 6.60. The van der Waals surface area contributed by atoms with Crippen LogP contribution in [0.4, 0.5) is 0 Å². The predicted octanol–water partition coefficient (Wildman–Crippen LogP) is 1.51. The summed E-state index contributed by atoms with van der Waals surface area (Å²) in [6.07, 6.45) is -0.132. The van der Waals surface area contributed by atoms with Gasteiger partial charge in [0.2, 0.25) is 10.0 Å². The Morgan fingerprint density at radius 2 is 1.64 bits per heavy atom. The first kappa shape index (κ1) is 22.3. The van der Waals surface area contributed by atoms with Crippen LogP contribution in [0.15, 0.2) is 29.2 Å². The fourth-order valence-electron chi connectivity index (χ4n) is 3.16. The predicted molar refractivity (Wildman–Crippen MR) is 103 cm³/mol.